The molecule has 48 heavy (non-hydrogen) atoms. The van der Waals surface area contributed by atoms with Gasteiger partial charge in [-0.25, -0.2) is 28.2 Å². The molecule has 19 heteroatoms. The van der Waals surface area contributed by atoms with Crippen LogP contribution < -0.4 is 4.90 Å². The van der Waals surface area contributed by atoms with Crippen molar-refractivity contribution in [1.29, 1.82) is 0 Å². The quantitative estimate of drug-likeness (QED) is 0.0915. The van der Waals surface area contributed by atoms with Gasteiger partial charge >= 0.3 is 5.97 Å². The number of ether oxygens (including phenoxy) is 2. The fourth-order valence-corrected chi connectivity index (χ4v) is 7.08. The normalized spacial score (nSPS) is 33.3. The maximum absolute atomic E-state index is 14.3. The lowest BCUT2D eigenvalue weighted by molar-refractivity contribution is -0.227. The number of carboxylic acids is 1. The maximum Gasteiger partial charge on any atom is 0.335 e. The monoisotopic (exact) mass is 698 g/mol. The number of thioether (sulfide) groups is 1. The van der Waals surface area contributed by atoms with Crippen LogP contribution in [0.3, 0.4) is 0 Å². The molecule has 1 saturated heterocycles. The summed E-state index contributed by atoms with van der Waals surface area (Å²) in [5, 5.41) is 81.7. The van der Waals surface area contributed by atoms with Gasteiger partial charge in [0.15, 0.2) is 46.1 Å². The molecule has 2 saturated carbocycles. The molecular formula is C29H36F2N6O10S. The minimum atomic E-state index is -1.98. The molecule has 2 aliphatic carbocycles. The summed E-state index contributed by atoms with van der Waals surface area (Å²) >= 11 is 1.26. The number of hydrogen-bond donors (Lipinski definition) is 7. The highest BCUT2D eigenvalue weighted by atomic mass is 32.2. The van der Waals surface area contributed by atoms with Crippen LogP contribution in [0.25, 0.3) is 11.2 Å². The van der Waals surface area contributed by atoms with Crippen molar-refractivity contribution in [3.05, 3.63) is 35.4 Å². The molecule has 1 aromatic carbocycles. The fraction of sp³-hybridized carbons (Fsp3) is 0.621. The molecule has 16 nitrogen and oxygen atoms in total. The predicted octanol–water partition coefficient (Wildman–Crippen LogP) is -0.700. The first-order valence-corrected chi connectivity index (χ1v) is 16.4. The Balaban J connectivity index is 1.48. The van der Waals surface area contributed by atoms with Crippen molar-refractivity contribution in [3.63, 3.8) is 0 Å². The van der Waals surface area contributed by atoms with Gasteiger partial charge in [-0.2, -0.15) is 0 Å². The summed E-state index contributed by atoms with van der Waals surface area (Å²) in [4.78, 5) is 22.8. The molecule has 3 aliphatic rings. The second kappa shape index (κ2) is 14.0. The number of carbonyl (C=O) groups is 1. The number of nitrogens with zero attached hydrogens (tertiary/aromatic N) is 6. The van der Waals surface area contributed by atoms with E-state index in [4.69, 9.17) is 14.5 Å². The van der Waals surface area contributed by atoms with Crippen LogP contribution in [0.1, 0.15) is 43.7 Å². The van der Waals surface area contributed by atoms with Crippen LogP contribution in [0.4, 0.5) is 14.6 Å². The van der Waals surface area contributed by atoms with Gasteiger partial charge in [-0.1, -0.05) is 30.0 Å². The molecule has 0 radical (unpaired) electrons. The number of benzene rings is 1. The average Bonchev–Trinajstić information content (AvgIpc) is 3.65. The van der Waals surface area contributed by atoms with E-state index in [1.165, 1.54) is 27.4 Å². The van der Waals surface area contributed by atoms with Crippen molar-refractivity contribution in [2.24, 2.45) is 0 Å². The summed E-state index contributed by atoms with van der Waals surface area (Å²) in [6.07, 6.45) is -11.8. The van der Waals surface area contributed by atoms with Gasteiger partial charge in [0, 0.05) is 24.1 Å². The Morgan fingerprint density at radius 2 is 1.83 bits per heavy atom. The highest BCUT2D eigenvalue weighted by molar-refractivity contribution is 7.99. The second-order valence-electron chi connectivity index (χ2n) is 12.0. The van der Waals surface area contributed by atoms with Gasteiger partial charge < -0.3 is 50.1 Å². The Hall–Kier alpha value is -3.14. The number of carboxylic acid groups (broad SMARTS) is 1. The molecule has 0 amide bonds. The third-order valence-electron chi connectivity index (χ3n) is 8.89. The van der Waals surface area contributed by atoms with Crippen LogP contribution in [-0.4, -0.2) is 141 Å². The van der Waals surface area contributed by atoms with Crippen LogP contribution in [0.2, 0.25) is 0 Å². The standard InChI is InChI=1S/C29H36F2N6O10S/c1-2-7-48-29-32-25(18-26(33-29)37(35-34-18)16-10-17(46-6-5-38)20(40)19(16)39)36(15-9-12(15)11-3-4-13(30)14(31)8-11)27-23(43)21(41)22(42)24(47-27)28(44)45/h3-4,8,12,15-17,19-24,27,38-43H,2,5-7,9-10H2,1H3,(H,44,45). The van der Waals surface area contributed by atoms with E-state index in [0.29, 0.717) is 11.3 Å². The predicted molar refractivity (Wildman–Crippen MR) is 161 cm³/mol. The third kappa shape index (κ3) is 6.34. The van der Waals surface area contributed by atoms with Crippen molar-refractivity contribution in [3.8, 4) is 0 Å². The Kier molecular flexibility index (Phi) is 10.1. The van der Waals surface area contributed by atoms with Crippen LogP contribution >= 0.6 is 11.8 Å². The molecule has 11 unspecified atom stereocenters. The highest BCUT2D eigenvalue weighted by Gasteiger charge is 2.55. The first-order chi connectivity index (χ1) is 23.0. The lowest BCUT2D eigenvalue weighted by Crippen LogP contribution is -2.65. The van der Waals surface area contributed by atoms with E-state index in [9.17, 15) is 49.3 Å². The van der Waals surface area contributed by atoms with Crippen molar-refractivity contribution in [1.82, 2.24) is 25.0 Å². The molecule has 3 aromatic rings. The Labute approximate surface area is 275 Å². The molecule has 3 heterocycles. The zero-order valence-corrected chi connectivity index (χ0v) is 26.3. The number of fused-ring (bicyclic) bond motifs is 1. The molecule has 0 bridgehead atoms. The largest absolute Gasteiger partial charge is 0.479 e. The van der Waals surface area contributed by atoms with E-state index in [1.54, 1.807) is 0 Å². The number of aliphatic carboxylic acids is 1. The first-order valence-electron chi connectivity index (χ1n) is 15.5. The lowest BCUT2D eigenvalue weighted by atomic mass is 9.97. The zero-order valence-electron chi connectivity index (χ0n) is 25.5. The van der Waals surface area contributed by atoms with Gasteiger partial charge in [-0.05, 0) is 30.5 Å². The highest BCUT2D eigenvalue weighted by Crippen LogP contribution is 2.49. The summed E-state index contributed by atoms with van der Waals surface area (Å²) in [6, 6.07) is 1.84. The third-order valence-corrected chi connectivity index (χ3v) is 9.95. The lowest BCUT2D eigenvalue weighted by Gasteiger charge is -2.44. The summed E-state index contributed by atoms with van der Waals surface area (Å²) < 4.78 is 40.6. The van der Waals surface area contributed by atoms with Crippen LogP contribution in [0, 0.1) is 11.6 Å². The summed E-state index contributed by atoms with van der Waals surface area (Å²) in [5.74, 6) is -3.65. The summed E-state index contributed by atoms with van der Waals surface area (Å²) in [6.45, 7) is 1.58. The minimum Gasteiger partial charge on any atom is -0.479 e. The van der Waals surface area contributed by atoms with E-state index in [-0.39, 0.29) is 48.2 Å². The summed E-state index contributed by atoms with van der Waals surface area (Å²) in [5.41, 5.74) is 0.529. The van der Waals surface area contributed by atoms with Crippen LogP contribution in [-0.2, 0) is 14.3 Å². The van der Waals surface area contributed by atoms with Crippen molar-refractivity contribution in [2.45, 2.75) is 98.3 Å². The number of hydrogen-bond acceptors (Lipinski definition) is 15. The molecule has 262 valence electrons. The van der Waals surface area contributed by atoms with E-state index in [0.717, 1.165) is 18.6 Å². The molecule has 1 aliphatic heterocycles. The van der Waals surface area contributed by atoms with Gasteiger partial charge in [0.2, 0.25) is 0 Å². The van der Waals surface area contributed by atoms with Crippen molar-refractivity contribution >= 4 is 34.7 Å². The van der Waals surface area contributed by atoms with Gasteiger partial charge in [0.25, 0.3) is 0 Å². The number of halogens is 2. The van der Waals surface area contributed by atoms with Crippen molar-refractivity contribution in [2.75, 3.05) is 23.9 Å². The average molecular weight is 699 g/mol. The molecule has 3 fully saturated rings. The zero-order chi connectivity index (χ0) is 34.4. The van der Waals surface area contributed by atoms with Gasteiger partial charge in [-0.3, -0.25) is 0 Å². The maximum atomic E-state index is 14.3. The summed E-state index contributed by atoms with van der Waals surface area (Å²) in [7, 11) is 0. The number of aliphatic hydroxyl groups is 6. The number of aromatic nitrogens is 5. The minimum absolute atomic E-state index is 0.00201. The Morgan fingerprint density at radius 3 is 2.52 bits per heavy atom. The van der Waals surface area contributed by atoms with Gasteiger partial charge in [0.1, 0.15) is 30.5 Å². The van der Waals surface area contributed by atoms with E-state index < -0.39 is 84.6 Å². The molecule has 11 atom stereocenters. The Morgan fingerprint density at radius 1 is 1.06 bits per heavy atom. The van der Waals surface area contributed by atoms with Crippen LogP contribution in [0.5, 0.6) is 0 Å². The fourth-order valence-electron chi connectivity index (χ4n) is 6.39. The van der Waals surface area contributed by atoms with Crippen LogP contribution in [0.15, 0.2) is 23.4 Å². The molecule has 2 aromatic heterocycles. The second-order valence-corrected chi connectivity index (χ2v) is 13.1. The smallest absolute Gasteiger partial charge is 0.335 e. The van der Waals surface area contributed by atoms with Gasteiger partial charge in [-0.15, -0.1) is 5.10 Å². The number of aliphatic hydroxyl groups excluding tert-OH is 6. The number of anilines is 1. The topological polar surface area (TPSA) is 237 Å². The van der Waals surface area contributed by atoms with E-state index in [2.05, 4.69) is 15.3 Å². The SMILES string of the molecule is CCCSc1nc(N(C2CC2c2ccc(F)c(F)c2)C2OC(C(=O)O)C(O)C(O)C2O)c2nnn(C3CC(OCCO)C(O)C3O)c2n1. The molecule has 0 spiro atoms. The molecule has 7 N–H and O–H groups in total. The number of rotatable bonds is 12. The van der Waals surface area contributed by atoms with Gasteiger partial charge in [0.05, 0.1) is 25.4 Å². The van der Waals surface area contributed by atoms with E-state index in [1.807, 2.05) is 6.92 Å². The molecular weight excluding hydrogens is 662 g/mol. The van der Waals surface area contributed by atoms with E-state index >= 15 is 0 Å². The first kappa shape index (κ1) is 34.7. The molecule has 6 rings (SSSR count). The Bertz CT molecular complexity index is 1640. The van der Waals surface area contributed by atoms with Crippen molar-refractivity contribution < 1.29 is 58.8 Å².